The highest BCUT2D eigenvalue weighted by Crippen LogP contribution is 2.29. The van der Waals surface area contributed by atoms with E-state index in [1.165, 1.54) is 11.3 Å². The van der Waals surface area contributed by atoms with E-state index in [1.54, 1.807) is 24.3 Å². The van der Waals surface area contributed by atoms with E-state index in [0.29, 0.717) is 6.07 Å². The number of thiazole rings is 1. The number of sulfonamides is 1. The molecule has 4 aromatic rings. The molecule has 0 atom stereocenters. The Balaban J connectivity index is 1.55. The second kappa shape index (κ2) is 7.73. The average Bonchev–Trinajstić information content (AvgIpc) is 3.18. The lowest BCUT2D eigenvalue weighted by molar-refractivity contribution is 0.568. The van der Waals surface area contributed by atoms with Crippen LogP contribution in [0.15, 0.2) is 83.1 Å². The van der Waals surface area contributed by atoms with Gasteiger partial charge < -0.3 is 0 Å². The Morgan fingerprint density at radius 1 is 0.828 bits per heavy atom. The number of benzene rings is 3. The molecule has 0 fully saturated rings. The second-order valence-electron chi connectivity index (χ2n) is 6.19. The molecule has 0 saturated carbocycles. The lowest BCUT2D eigenvalue weighted by Gasteiger charge is -2.09. The second-order valence-corrected chi connectivity index (χ2v) is 8.73. The Morgan fingerprint density at radius 3 is 2.14 bits per heavy atom. The molecule has 0 aliphatic rings. The van der Waals surface area contributed by atoms with Crippen molar-refractivity contribution >= 4 is 27.0 Å². The lowest BCUT2D eigenvalue weighted by Crippen LogP contribution is -2.13. The Labute approximate surface area is 170 Å². The van der Waals surface area contributed by atoms with Gasteiger partial charge in [0.1, 0.15) is 16.6 Å². The Hall–Kier alpha value is -3.10. The summed E-state index contributed by atoms with van der Waals surface area (Å²) in [6.45, 7) is 0. The number of nitrogens with one attached hydrogen (secondary N) is 1. The van der Waals surface area contributed by atoms with Crippen molar-refractivity contribution in [2.75, 3.05) is 4.72 Å². The quantitative estimate of drug-likeness (QED) is 0.453. The minimum Gasteiger partial charge on any atom is -0.280 e. The molecule has 0 spiro atoms. The number of halogens is 2. The van der Waals surface area contributed by atoms with Gasteiger partial charge in [0.05, 0.1) is 10.6 Å². The lowest BCUT2D eigenvalue weighted by atomic mass is 10.1. The van der Waals surface area contributed by atoms with Gasteiger partial charge in [0.2, 0.25) is 0 Å². The van der Waals surface area contributed by atoms with Crippen LogP contribution < -0.4 is 4.72 Å². The molecule has 0 saturated heterocycles. The zero-order valence-electron chi connectivity index (χ0n) is 14.8. The van der Waals surface area contributed by atoms with Gasteiger partial charge in [-0.2, -0.15) is 0 Å². The predicted molar refractivity (Wildman–Crippen MR) is 110 cm³/mol. The summed E-state index contributed by atoms with van der Waals surface area (Å²) >= 11 is 1.52. The van der Waals surface area contributed by atoms with Crippen molar-refractivity contribution < 1.29 is 17.2 Å². The summed E-state index contributed by atoms with van der Waals surface area (Å²) in [7, 11) is -4.11. The van der Waals surface area contributed by atoms with E-state index in [4.69, 9.17) is 0 Å². The van der Waals surface area contributed by atoms with Crippen molar-refractivity contribution in [3.05, 3.63) is 89.8 Å². The van der Waals surface area contributed by atoms with Crippen LogP contribution in [0.5, 0.6) is 0 Å². The number of hydrogen-bond acceptors (Lipinski definition) is 4. The van der Waals surface area contributed by atoms with Crippen LogP contribution in [0, 0.1) is 11.6 Å². The van der Waals surface area contributed by atoms with Gasteiger partial charge in [0, 0.05) is 28.3 Å². The van der Waals surface area contributed by atoms with Gasteiger partial charge in [0.25, 0.3) is 10.0 Å². The Kier molecular flexibility index (Phi) is 5.12. The van der Waals surface area contributed by atoms with Crippen LogP contribution in [-0.4, -0.2) is 13.4 Å². The van der Waals surface area contributed by atoms with Crippen LogP contribution >= 0.6 is 11.3 Å². The molecule has 29 heavy (non-hydrogen) atoms. The molecule has 3 aromatic carbocycles. The summed E-state index contributed by atoms with van der Waals surface area (Å²) in [5.74, 6) is -1.92. The summed E-state index contributed by atoms with van der Waals surface area (Å²) in [5, 5.41) is 2.82. The van der Waals surface area contributed by atoms with Crippen LogP contribution in [0.2, 0.25) is 0 Å². The van der Waals surface area contributed by atoms with E-state index in [2.05, 4.69) is 9.71 Å². The number of nitrogens with zero attached hydrogens (tertiary/aromatic N) is 1. The first-order chi connectivity index (χ1) is 13.9. The van der Waals surface area contributed by atoms with E-state index in [0.717, 1.165) is 34.0 Å². The SMILES string of the molecule is O=S(=O)(Nc1ccc(-c2csc(-c3ccccc3)n2)cc1)c1cc(F)cc(F)c1. The van der Waals surface area contributed by atoms with Crippen molar-refractivity contribution in [1.29, 1.82) is 0 Å². The number of hydrogen-bond donors (Lipinski definition) is 1. The summed E-state index contributed by atoms with van der Waals surface area (Å²) in [4.78, 5) is 4.14. The van der Waals surface area contributed by atoms with Crippen molar-refractivity contribution in [3.8, 4) is 21.8 Å². The van der Waals surface area contributed by atoms with Gasteiger partial charge in [-0.15, -0.1) is 11.3 Å². The Bertz CT molecular complexity index is 1240. The first-order valence-electron chi connectivity index (χ1n) is 8.51. The molecule has 8 heteroatoms. The molecule has 1 aromatic heterocycles. The number of rotatable bonds is 5. The largest absolute Gasteiger partial charge is 0.280 e. The Morgan fingerprint density at radius 2 is 1.48 bits per heavy atom. The monoisotopic (exact) mass is 428 g/mol. The molecule has 0 bridgehead atoms. The van der Waals surface area contributed by atoms with E-state index >= 15 is 0 Å². The molecule has 0 unspecified atom stereocenters. The highest BCUT2D eigenvalue weighted by atomic mass is 32.2. The van der Waals surface area contributed by atoms with Gasteiger partial charge in [-0.05, 0) is 24.3 Å². The average molecular weight is 428 g/mol. The topological polar surface area (TPSA) is 59.1 Å². The summed E-state index contributed by atoms with van der Waals surface area (Å²) < 4.78 is 53.7. The molecule has 146 valence electrons. The fourth-order valence-corrected chi connectivity index (χ4v) is 4.66. The third-order valence-electron chi connectivity index (χ3n) is 4.10. The number of anilines is 1. The van der Waals surface area contributed by atoms with E-state index in [9.17, 15) is 17.2 Å². The summed E-state index contributed by atoms with van der Waals surface area (Å²) in [6, 6.07) is 18.5. The van der Waals surface area contributed by atoms with Gasteiger partial charge in [-0.3, -0.25) is 4.72 Å². The third kappa shape index (κ3) is 4.33. The van der Waals surface area contributed by atoms with Crippen LogP contribution in [0.1, 0.15) is 0 Å². The van der Waals surface area contributed by atoms with E-state index < -0.39 is 26.6 Å². The fourth-order valence-electron chi connectivity index (χ4n) is 2.73. The summed E-state index contributed by atoms with van der Waals surface area (Å²) in [5.41, 5.74) is 2.89. The third-order valence-corrected chi connectivity index (χ3v) is 6.36. The van der Waals surface area contributed by atoms with Crippen molar-refractivity contribution in [2.24, 2.45) is 0 Å². The standard InChI is InChI=1S/C21H14F2N2O2S2/c22-16-10-17(23)12-19(11-16)29(26,27)25-18-8-6-14(7-9-18)20-13-28-21(24-20)15-4-2-1-3-5-15/h1-13,25H. The molecule has 0 aliphatic heterocycles. The van der Waals surface area contributed by atoms with E-state index in [1.807, 2.05) is 35.7 Å². The molecule has 1 heterocycles. The first kappa shape index (κ1) is 19.2. The highest BCUT2D eigenvalue weighted by molar-refractivity contribution is 7.92. The molecule has 4 rings (SSSR count). The number of aromatic nitrogens is 1. The van der Waals surface area contributed by atoms with Gasteiger partial charge in [-0.25, -0.2) is 22.2 Å². The normalized spacial score (nSPS) is 11.4. The molecular formula is C21H14F2N2O2S2. The fraction of sp³-hybridized carbons (Fsp3) is 0. The zero-order valence-corrected chi connectivity index (χ0v) is 16.5. The summed E-state index contributed by atoms with van der Waals surface area (Å²) in [6.07, 6.45) is 0. The molecular weight excluding hydrogens is 414 g/mol. The molecule has 1 N–H and O–H groups in total. The van der Waals surface area contributed by atoms with Crippen molar-refractivity contribution in [2.45, 2.75) is 4.90 Å². The molecule has 4 nitrogen and oxygen atoms in total. The van der Waals surface area contributed by atoms with Crippen molar-refractivity contribution in [1.82, 2.24) is 4.98 Å². The van der Waals surface area contributed by atoms with Crippen molar-refractivity contribution in [3.63, 3.8) is 0 Å². The van der Waals surface area contributed by atoms with E-state index in [-0.39, 0.29) is 5.69 Å². The van der Waals surface area contributed by atoms with Crippen LogP contribution in [0.4, 0.5) is 14.5 Å². The van der Waals surface area contributed by atoms with Gasteiger partial charge in [0.15, 0.2) is 0 Å². The maximum Gasteiger partial charge on any atom is 0.262 e. The van der Waals surface area contributed by atoms with Crippen LogP contribution in [0.3, 0.4) is 0 Å². The molecule has 0 aliphatic carbocycles. The predicted octanol–water partition coefficient (Wildman–Crippen LogP) is 5.56. The minimum atomic E-state index is -4.11. The molecule has 0 amide bonds. The van der Waals surface area contributed by atoms with Gasteiger partial charge >= 0.3 is 0 Å². The van der Waals surface area contributed by atoms with Crippen LogP contribution in [-0.2, 0) is 10.0 Å². The van der Waals surface area contributed by atoms with Gasteiger partial charge in [-0.1, -0.05) is 42.5 Å². The maximum absolute atomic E-state index is 13.3. The minimum absolute atomic E-state index is 0.275. The smallest absolute Gasteiger partial charge is 0.262 e. The highest BCUT2D eigenvalue weighted by Gasteiger charge is 2.17. The maximum atomic E-state index is 13.3. The molecule has 0 radical (unpaired) electrons. The first-order valence-corrected chi connectivity index (χ1v) is 10.9. The zero-order chi connectivity index (χ0) is 20.4. The van der Waals surface area contributed by atoms with Crippen LogP contribution in [0.25, 0.3) is 21.8 Å².